The Morgan fingerprint density at radius 1 is 0.309 bits per heavy atom. The second-order valence-corrected chi connectivity index (χ2v) is 39.1. The Morgan fingerprint density at radius 3 is 1.01 bits per heavy atom. The summed E-state index contributed by atoms with van der Waals surface area (Å²) in [6, 6.07) is -4.21. The van der Waals surface area contributed by atoms with Crippen LogP contribution >= 0.6 is 15.6 Å². The summed E-state index contributed by atoms with van der Waals surface area (Å²) in [6.07, 6.45) is -79.1. The molecular weight excluding hydrogens is 1920 g/mol. The first-order valence-electron chi connectivity index (χ1n) is 45.7. The Bertz CT molecular complexity index is 3960. The fraction of sp³-hybridized carbons (Fsp3) is 0.880. The predicted molar refractivity (Wildman–Crippen MR) is 457 cm³/mol. The number of hydrogen-bond acceptors (Lipinski definition) is 50. The van der Waals surface area contributed by atoms with E-state index in [0.717, 1.165) is 57.9 Å². The minimum atomic E-state index is -5.94. The molecule has 48 atom stereocenters. The van der Waals surface area contributed by atoms with Crippen molar-refractivity contribution in [3.63, 3.8) is 0 Å². The Hall–Kier alpha value is -3.56. The van der Waals surface area contributed by atoms with Gasteiger partial charge in [0.1, 0.15) is 220 Å². The summed E-state index contributed by atoms with van der Waals surface area (Å²) in [6.45, 7) is 3.03. The molecule has 0 spiro atoms. The van der Waals surface area contributed by atoms with Crippen LogP contribution in [0.15, 0.2) is 46.6 Å². The van der Waals surface area contributed by atoms with Crippen molar-refractivity contribution in [2.45, 2.75) is 389 Å². The zero-order valence-electron chi connectivity index (χ0n) is 77.5. The maximum absolute atomic E-state index is 13.7. The van der Waals surface area contributed by atoms with Crippen LogP contribution in [0.25, 0.3) is 0 Å². The standard InChI is InChI=1S/C83H142N2O52P2/c1-32(2)13-9-14-33(3)15-10-16-34(4)17-11-18-35(5)19-12-20-36(6)21-22-119-138(114,115)137-139(116,117)136-76-49(85-38(8)95)58(104)68(46(30-93)127-76)129-75-48(84-37(7)94)57(103)69(45(29-92)126-75)130-80-67(113)71(132-82-74(63(109)54(100)42(26-89)124-82)135-83-73(62(108)53(99)43(27-90)125-83)134-79-65(111)60(106)51(97)40(24-87)122-79)56(102)47(128-80)31-118-77-66(112)70(55(101)44(28-91)120-77)131-81-72(61(107)52(98)41(25-88)123-81)133-78-64(110)59(105)50(96)39(23-86)121-78/h13,15,17,19,36,39-83,86-93,96-113H,9-12,14,16,18,20-31H2,1-8H3,(H,84,94)(H,85,95)(H,114,115)(H,116,117)/b33-15+,34-17+,35-19-/t36-,39+,40+,41+,42+,43+,44+,45+,46+,47+,48+,49+,50+,51+,52+,53+,54+,55+,56+,57+,58+,59-,60-,61-,62-,63-,64-,65-,66-,67-,68+,69+,70-,71-,72-,73-,74-,75-,76+,77-,78+,79+,80-,81+,82+,83+/m0/s1. The van der Waals surface area contributed by atoms with E-state index in [0.29, 0.717) is 12.8 Å². The van der Waals surface area contributed by atoms with E-state index >= 15 is 0 Å². The average molecular weight is 2060 g/mol. The number of carbonyl (C=O) groups excluding carboxylic acids is 2. The Balaban J connectivity index is 0.952. The predicted octanol–water partition coefficient (Wildman–Crippen LogP) is -11.1. The SMILES string of the molecule is CC(=O)N[C@H]1[C@H](O[C@H]2[C@H](O)[C@@H](NC(C)=O)[C@@H](OP(=O)(O)OP(=O)(O)OCC[C@@H](C)CC/C=C(/C)CC/C=C(\C)CC/C=C(\C)CCC=C(C)C)O[C@@H]2CO)O[C@H](CO)[C@@H](O[C@@H]2O[C@H](CO[C@H]3O[C@H](CO)[C@@H](O)[C@H](O[C@H]4O[C@H](CO)[C@@H](O)[C@H](O)[C@@H]4O[C@H]4O[C@H](CO)[C@@H](O)[C@H](O)[C@@H]4O)[C@@H]3O)[C@@H](O)[C@H](O[C@H]3O[C@H](CO)[C@@H](O)[C@H](O)[C@@H]3O[C@H]3O[C@H](CO)[C@@H](O)[C@H](O)[C@@H]3O[C@H]3O[C@H](CO)[C@@H](O)[C@H](O)[C@@H]3O)[C@@H]2O)[C@@H]1O. The van der Waals surface area contributed by atoms with Gasteiger partial charge in [0, 0.05) is 13.8 Å². The molecule has 139 heavy (non-hydrogen) atoms. The van der Waals surface area contributed by atoms with Gasteiger partial charge in [-0.1, -0.05) is 53.5 Å². The van der Waals surface area contributed by atoms with Crippen molar-refractivity contribution in [2.75, 3.05) is 66.1 Å². The molecule has 56 heteroatoms. The van der Waals surface area contributed by atoms with Gasteiger partial charge in [0.2, 0.25) is 11.8 Å². The normalized spacial score (nSPS) is 43.4. The van der Waals surface area contributed by atoms with Gasteiger partial charge in [-0.15, -0.1) is 0 Å². The fourth-order valence-electron chi connectivity index (χ4n) is 17.1. The van der Waals surface area contributed by atoms with Gasteiger partial charge in [-0.05, 0) is 98.3 Å². The molecule has 9 fully saturated rings. The molecule has 30 N–H and O–H groups in total. The van der Waals surface area contributed by atoms with Crippen molar-refractivity contribution in [1.82, 2.24) is 10.6 Å². The quantitative estimate of drug-likeness (QED) is 0.0199. The third-order valence-corrected chi connectivity index (χ3v) is 27.8. The van der Waals surface area contributed by atoms with Crippen LogP contribution in [0.3, 0.4) is 0 Å². The number of nitrogens with one attached hydrogen (secondary N) is 2. The summed E-state index contributed by atoms with van der Waals surface area (Å²) < 4.78 is 142. The van der Waals surface area contributed by atoms with Crippen LogP contribution in [0.4, 0.5) is 0 Å². The molecule has 9 saturated heterocycles. The number of phosphoric acid groups is 2. The van der Waals surface area contributed by atoms with Gasteiger partial charge >= 0.3 is 15.6 Å². The van der Waals surface area contributed by atoms with Crippen LogP contribution in [0.2, 0.25) is 0 Å². The van der Waals surface area contributed by atoms with E-state index in [1.165, 1.54) is 16.7 Å². The van der Waals surface area contributed by atoms with E-state index in [9.17, 15) is 161 Å². The Kier molecular flexibility index (Phi) is 46.7. The number of hydrogen-bond donors (Lipinski definition) is 30. The molecule has 806 valence electrons. The highest BCUT2D eigenvalue weighted by atomic mass is 31.3. The lowest BCUT2D eigenvalue weighted by atomic mass is 9.94. The molecule has 9 rings (SSSR count). The number of phosphoric ester groups is 2. The van der Waals surface area contributed by atoms with Crippen LogP contribution in [0.1, 0.15) is 113 Å². The zero-order valence-corrected chi connectivity index (χ0v) is 79.3. The molecule has 0 bridgehead atoms. The largest absolute Gasteiger partial charge is 0.483 e. The molecular formula is C83H142N2O52P2. The molecule has 0 saturated carbocycles. The first-order valence-corrected chi connectivity index (χ1v) is 48.7. The van der Waals surface area contributed by atoms with E-state index in [-0.39, 0.29) is 12.3 Å². The van der Waals surface area contributed by atoms with Crippen LogP contribution in [0.5, 0.6) is 0 Å². The summed E-state index contributed by atoms with van der Waals surface area (Å²) in [5.74, 6) is -2.17. The lowest BCUT2D eigenvalue weighted by molar-refractivity contribution is -0.408. The van der Waals surface area contributed by atoms with E-state index in [2.05, 4.69) is 66.9 Å². The van der Waals surface area contributed by atoms with Crippen LogP contribution in [0, 0.1) is 5.92 Å². The van der Waals surface area contributed by atoms with E-state index < -0.39 is 370 Å². The molecule has 0 aliphatic carbocycles. The summed E-state index contributed by atoms with van der Waals surface area (Å²) >= 11 is 0. The second kappa shape index (κ2) is 54.6. The summed E-state index contributed by atoms with van der Waals surface area (Å²) in [5, 5.41) is 295. The average Bonchev–Trinajstić information content (AvgIpc) is 0.792. The molecule has 0 aromatic carbocycles. The van der Waals surface area contributed by atoms with Gasteiger partial charge in [0.15, 0.2) is 56.6 Å². The number of ether oxygens (including phenoxy) is 17. The number of aliphatic hydroxyl groups excluding tert-OH is 26. The molecule has 54 nitrogen and oxygen atoms in total. The summed E-state index contributed by atoms with van der Waals surface area (Å²) in [5.41, 5.74) is 5.11. The third kappa shape index (κ3) is 31.1. The van der Waals surface area contributed by atoms with Gasteiger partial charge in [-0.3, -0.25) is 18.6 Å². The van der Waals surface area contributed by atoms with Crippen molar-refractivity contribution < 1.29 is 255 Å². The molecule has 2 amide bonds. The Labute approximate surface area is 798 Å². The highest BCUT2D eigenvalue weighted by Crippen LogP contribution is 2.62. The third-order valence-electron chi connectivity index (χ3n) is 25.2. The first kappa shape index (κ1) is 119. The molecule has 0 radical (unpaired) electrons. The monoisotopic (exact) mass is 2060 g/mol. The van der Waals surface area contributed by atoms with Crippen molar-refractivity contribution in [3.05, 3.63) is 46.6 Å². The number of aliphatic hydroxyl groups is 26. The molecule has 9 aliphatic rings. The molecule has 9 heterocycles. The maximum Gasteiger partial charge on any atom is 0.483 e. The van der Waals surface area contributed by atoms with Crippen molar-refractivity contribution in [1.29, 1.82) is 0 Å². The molecule has 0 aromatic heterocycles. The van der Waals surface area contributed by atoms with E-state index in [1.807, 2.05) is 13.8 Å². The number of carbonyl (C=O) groups is 2. The topological polar surface area (TPSA) is 843 Å². The Morgan fingerprint density at radius 2 is 0.612 bits per heavy atom. The van der Waals surface area contributed by atoms with Gasteiger partial charge in [0.05, 0.1) is 66.1 Å². The van der Waals surface area contributed by atoms with Crippen molar-refractivity contribution in [2.24, 2.45) is 5.92 Å². The first-order chi connectivity index (χ1) is 65.6. The minimum Gasteiger partial charge on any atom is -0.394 e. The molecule has 0 aromatic rings. The number of allylic oxidation sites excluding steroid dienone is 8. The fourth-order valence-corrected chi connectivity index (χ4v) is 19.3. The van der Waals surface area contributed by atoms with Crippen LogP contribution in [-0.4, -0.2) is 497 Å². The van der Waals surface area contributed by atoms with Crippen LogP contribution in [-0.2, 0) is 113 Å². The summed E-state index contributed by atoms with van der Waals surface area (Å²) in [4.78, 5) is 47.9. The van der Waals surface area contributed by atoms with Crippen LogP contribution < -0.4 is 10.6 Å². The minimum absolute atomic E-state index is 0.109. The van der Waals surface area contributed by atoms with E-state index in [1.54, 1.807) is 0 Å². The van der Waals surface area contributed by atoms with Crippen molar-refractivity contribution >= 4 is 27.5 Å². The number of rotatable bonds is 47. The molecule has 9 aliphatic heterocycles. The second-order valence-electron chi connectivity index (χ2n) is 36.1. The maximum atomic E-state index is 13.7. The lowest BCUT2D eigenvalue weighted by Gasteiger charge is -2.51. The smallest absolute Gasteiger partial charge is 0.394 e. The highest BCUT2D eigenvalue weighted by Gasteiger charge is 2.62. The molecule has 2 unspecified atom stereocenters. The van der Waals surface area contributed by atoms with Gasteiger partial charge in [-0.25, -0.2) is 9.13 Å². The van der Waals surface area contributed by atoms with Gasteiger partial charge in [-0.2, -0.15) is 4.31 Å². The zero-order chi connectivity index (χ0) is 103. The number of amides is 2. The van der Waals surface area contributed by atoms with Gasteiger partial charge < -0.3 is 234 Å². The highest BCUT2D eigenvalue weighted by molar-refractivity contribution is 7.61. The van der Waals surface area contributed by atoms with E-state index in [4.69, 9.17) is 89.6 Å². The lowest BCUT2D eigenvalue weighted by Crippen LogP contribution is -2.70. The summed E-state index contributed by atoms with van der Waals surface area (Å²) in [7, 11) is -11.5. The van der Waals surface area contributed by atoms with Gasteiger partial charge in [0.25, 0.3) is 0 Å². The van der Waals surface area contributed by atoms with Crippen molar-refractivity contribution in [3.8, 4) is 0 Å².